The summed E-state index contributed by atoms with van der Waals surface area (Å²) in [4.78, 5) is 16.0. The second kappa shape index (κ2) is 10.2. The predicted octanol–water partition coefficient (Wildman–Crippen LogP) is 3.95. The lowest BCUT2D eigenvalue weighted by Gasteiger charge is -2.20. The number of hydrogen-bond donors (Lipinski definition) is 3. The average Bonchev–Trinajstić information content (AvgIpc) is 3.45. The summed E-state index contributed by atoms with van der Waals surface area (Å²) in [6, 6.07) is 15.7. The van der Waals surface area contributed by atoms with Gasteiger partial charge in [0.1, 0.15) is 0 Å². The first-order valence-electron chi connectivity index (χ1n) is 9.20. The minimum Gasteiger partial charge on any atom is -0.366 e. The Morgan fingerprint density at radius 1 is 1.18 bits per heavy atom. The first-order valence-corrected chi connectivity index (χ1v) is 9.99. The van der Waals surface area contributed by atoms with E-state index in [9.17, 15) is 4.79 Å². The molecule has 0 saturated heterocycles. The number of hydrogen-bond acceptors (Lipinski definition) is 2. The minimum absolute atomic E-state index is 0. The molecule has 1 saturated carbocycles. The number of carbonyl (C=O) groups excluding carboxylic acids is 1. The number of nitrogens with zero attached hydrogens (tertiary/aromatic N) is 1. The van der Waals surface area contributed by atoms with E-state index >= 15 is 0 Å². The van der Waals surface area contributed by atoms with E-state index in [4.69, 9.17) is 5.73 Å². The van der Waals surface area contributed by atoms with Gasteiger partial charge in [0.15, 0.2) is 5.96 Å². The monoisotopic (exact) mass is 556 g/mol. The summed E-state index contributed by atoms with van der Waals surface area (Å²) in [6.07, 6.45) is 2.34. The number of amides is 1. The van der Waals surface area contributed by atoms with Gasteiger partial charge in [-0.15, -0.1) is 24.0 Å². The van der Waals surface area contributed by atoms with Gasteiger partial charge in [-0.05, 0) is 49.1 Å². The number of rotatable bonds is 7. The van der Waals surface area contributed by atoms with E-state index in [1.807, 2.05) is 25.1 Å². The van der Waals surface area contributed by atoms with Crippen molar-refractivity contribution in [2.75, 3.05) is 13.1 Å². The number of nitrogens with two attached hydrogens (primary N) is 1. The highest BCUT2D eigenvalue weighted by Gasteiger charge is 2.45. The summed E-state index contributed by atoms with van der Waals surface area (Å²) >= 11 is 3.68. The number of primary amides is 1. The number of nitrogens with one attached hydrogen (secondary N) is 2. The lowest BCUT2D eigenvalue weighted by atomic mass is 9.96. The topological polar surface area (TPSA) is 79.5 Å². The molecule has 0 heterocycles. The van der Waals surface area contributed by atoms with E-state index in [-0.39, 0.29) is 29.4 Å². The lowest BCUT2D eigenvalue weighted by Crippen LogP contribution is -2.41. The fourth-order valence-corrected chi connectivity index (χ4v) is 3.88. The van der Waals surface area contributed by atoms with Crippen LogP contribution in [0.2, 0.25) is 0 Å². The number of halogens is 2. The van der Waals surface area contributed by atoms with Gasteiger partial charge < -0.3 is 16.4 Å². The third-order valence-electron chi connectivity index (χ3n) is 4.87. The Morgan fingerprint density at radius 2 is 1.93 bits per heavy atom. The average molecular weight is 557 g/mol. The summed E-state index contributed by atoms with van der Waals surface area (Å²) in [5, 5.41) is 6.78. The molecule has 5 nitrogen and oxygen atoms in total. The van der Waals surface area contributed by atoms with E-state index in [1.165, 1.54) is 18.4 Å². The van der Waals surface area contributed by atoms with Crippen molar-refractivity contribution in [3.8, 4) is 0 Å². The molecule has 1 fully saturated rings. The molecule has 4 N–H and O–H groups in total. The summed E-state index contributed by atoms with van der Waals surface area (Å²) in [7, 11) is 0. The van der Waals surface area contributed by atoms with E-state index in [1.54, 1.807) is 12.1 Å². The van der Waals surface area contributed by atoms with Crippen molar-refractivity contribution in [1.29, 1.82) is 0 Å². The van der Waals surface area contributed by atoms with Crippen LogP contribution in [0.3, 0.4) is 0 Å². The van der Waals surface area contributed by atoms with E-state index in [0.29, 0.717) is 12.1 Å². The zero-order valence-corrected chi connectivity index (χ0v) is 19.8. The molecule has 28 heavy (non-hydrogen) atoms. The predicted molar refractivity (Wildman–Crippen MR) is 128 cm³/mol. The van der Waals surface area contributed by atoms with E-state index in [0.717, 1.165) is 29.1 Å². The number of guanidine groups is 1. The molecule has 3 rings (SSSR count). The first kappa shape index (κ1) is 22.7. The van der Waals surface area contributed by atoms with Crippen LogP contribution in [0.4, 0.5) is 0 Å². The van der Waals surface area contributed by atoms with Gasteiger partial charge in [0, 0.05) is 28.5 Å². The van der Waals surface area contributed by atoms with Crippen molar-refractivity contribution >= 4 is 51.8 Å². The Kier molecular flexibility index (Phi) is 8.30. The van der Waals surface area contributed by atoms with Gasteiger partial charge in [-0.1, -0.05) is 46.3 Å². The number of carbonyl (C=O) groups is 1. The summed E-state index contributed by atoms with van der Waals surface area (Å²) in [5.41, 5.74) is 8.33. The van der Waals surface area contributed by atoms with Gasteiger partial charge in [0.05, 0.1) is 6.54 Å². The highest BCUT2D eigenvalue weighted by atomic mass is 127. The summed E-state index contributed by atoms with van der Waals surface area (Å²) in [5.74, 6) is 0.357. The van der Waals surface area contributed by atoms with E-state index in [2.05, 4.69) is 49.8 Å². The smallest absolute Gasteiger partial charge is 0.248 e. The molecule has 1 aliphatic rings. The molecule has 0 spiro atoms. The molecule has 0 aromatic heterocycles. The third-order valence-corrected chi connectivity index (χ3v) is 5.56. The SMILES string of the molecule is CCNC(=NCc1cccc(C(N)=O)c1)NCC1(c2ccccc2Br)CC1.I. The Bertz CT molecular complexity index is 852. The van der Waals surface area contributed by atoms with E-state index < -0.39 is 5.91 Å². The molecule has 0 aliphatic heterocycles. The van der Waals surface area contributed by atoms with Crippen LogP contribution in [0, 0.1) is 0 Å². The van der Waals surface area contributed by atoms with Crippen LogP contribution in [0.1, 0.15) is 41.3 Å². The molecule has 0 bridgehead atoms. The van der Waals surface area contributed by atoms with Gasteiger partial charge >= 0.3 is 0 Å². The lowest BCUT2D eigenvalue weighted by molar-refractivity contribution is 0.1000. The van der Waals surface area contributed by atoms with Crippen molar-refractivity contribution in [3.63, 3.8) is 0 Å². The van der Waals surface area contributed by atoms with Crippen LogP contribution < -0.4 is 16.4 Å². The molecule has 2 aromatic carbocycles. The van der Waals surface area contributed by atoms with Gasteiger partial charge in [-0.2, -0.15) is 0 Å². The van der Waals surface area contributed by atoms with Gasteiger partial charge in [-0.3, -0.25) is 4.79 Å². The first-order chi connectivity index (χ1) is 13.0. The van der Waals surface area contributed by atoms with Gasteiger partial charge in [-0.25, -0.2) is 4.99 Å². The Balaban J connectivity index is 0.00000280. The van der Waals surface area contributed by atoms with Crippen LogP contribution in [-0.2, 0) is 12.0 Å². The van der Waals surface area contributed by atoms with Crippen LogP contribution in [0.15, 0.2) is 58.0 Å². The highest BCUT2D eigenvalue weighted by molar-refractivity contribution is 14.0. The normalized spacial score (nSPS) is 14.7. The number of aliphatic imine (C=N–C) groups is 1. The van der Waals surface area contributed by atoms with Crippen LogP contribution >= 0.6 is 39.9 Å². The second-order valence-corrected chi connectivity index (χ2v) is 7.73. The molecule has 7 heteroatoms. The van der Waals surface area contributed by atoms with Crippen molar-refractivity contribution in [1.82, 2.24) is 10.6 Å². The van der Waals surface area contributed by atoms with Gasteiger partial charge in [0.25, 0.3) is 0 Å². The maximum Gasteiger partial charge on any atom is 0.248 e. The molecule has 150 valence electrons. The molecule has 2 aromatic rings. The minimum atomic E-state index is -0.421. The maximum absolute atomic E-state index is 11.3. The quantitative estimate of drug-likeness (QED) is 0.274. The second-order valence-electron chi connectivity index (χ2n) is 6.87. The van der Waals surface area contributed by atoms with Crippen molar-refractivity contribution in [2.45, 2.75) is 31.7 Å². The molecule has 0 radical (unpaired) electrons. The number of benzene rings is 2. The van der Waals surface area contributed by atoms with Crippen LogP contribution in [0.25, 0.3) is 0 Å². The molecular weight excluding hydrogens is 531 g/mol. The Hall–Kier alpha value is -1.61. The van der Waals surface area contributed by atoms with Crippen molar-refractivity contribution in [2.24, 2.45) is 10.7 Å². The zero-order chi connectivity index (χ0) is 19.3. The maximum atomic E-state index is 11.3. The molecule has 0 atom stereocenters. The van der Waals surface area contributed by atoms with Crippen molar-refractivity contribution in [3.05, 3.63) is 69.7 Å². The fourth-order valence-electron chi connectivity index (χ4n) is 3.17. The highest BCUT2D eigenvalue weighted by Crippen LogP contribution is 2.49. The van der Waals surface area contributed by atoms with Crippen LogP contribution in [0.5, 0.6) is 0 Å². The van der Waals surface area contributed by atoms with Crippen LogP contribution in [-0.4, -0.2) is 25.0 Å². The van der Waals surface area contributed by atoms with Gasteiger partial charge in [0.2, 0.25) is 5.91 Å². The standard InChI is InChI=1S/C21H25BrN4O.HI/c1-2-24-20(25-13-15-6-5-7-16(12-15)19(23)27)26-14-21(10-11-21)17-8-3-4-9-18(17)22;/h3-9,12H,2,10-11,13-14H2,1H3,(H2,23,27)(H2,24,25,26);1H. The molecule has 0 unspecified atom stereocenters. The molecule has 1 aliphatic carbocycles. The largest absolute Gasteiger partial charge is 0.366 e. The van der Waals surface area contributed by atoms with Crippen molar-refractivity contribution < 1.29 is 4.79 Å². The third kappa shape index (κ3) is 5.70. The zero-order valence-electron chi connectivity index (χ0n) is 15.9. The molecular formula is C21H26BrIN4O. The fraction of sp³-hybridized carbons (Fsp3) is 0.333. The summed E-state index contributed by atoms with van der Waals surface area (Å²) in [6.45, 7) is 4.15. The molecule has 1 amide bonds. The summed E-state index contributed by atoms with van der Waals surface area (Å²) < 4.78 is 1.16. The Labute approximate surface area is 191 Å². The Morgan fingerprint density at radius 3 is 2.57 bits per heavy atom.